The van der Waals surface area contributed by atoms with Crippen LogP contribution in [0.25, 0.3) is 0 Å². The summed E-state index contributed by atoms with van der Waals surface area (Å²) < 4.78 is 39.1. The summed E-state index contributed by atoms with van der Waals surface area (Å²) in [4.78, 5) is 15.8. The molecular weight excluding hydrogens is 295 g/mol. The minimum Gasteiger partial charge on any atom is -0.336 e. The number of carbonyl (C=O) groups excluding carboxylic acids is 1. The van der Waals surface area contributed by atoms with Gasteiger partial charge in [-0.2, -0.15) is 13.2 Å². The number of nitrogens with zero attached hydrogens (tertiary/aromatic N) is 2. The Morgan fingerprint density at radius 2 is 1.86 bits per heavy atom. The van der Waals surface area contributed by atoms with Gasteiger partial charge in [0.2, 0.25) is 0 Å². The van der Waals surface area contributed by atoms with Crippen LogP contribution in [0.5, 0.6) is 0 Å². The summed E-state index contributed by atoms with van der Waals surface area (Å²) in [6.45, 7) is 2.70. The zero-order valence-electron chi connectivity index (χ0n) is 12.7. The molecule has 0 bridgehead atoms. The summed E-state index contributed by atoms with van der Waals surface area (Å²) in [6.07, 6.45) is -4.46. The summed E-state index contributed by atoms with van der Waals surface area (Å²) in [5.74, 6) is -0.340. The van der Waals surface area contributed by atoms with E-state index in [1.54, 1.807) is 30.0 Å². The lowest BCUT2D eigenvalue weighted by atomic mass is 10.0. The third-order valence-corrected chi connectivity index (χ3v) is 3.47. The number of piperazine rings is 1. The fraction of sp³-hybridized carbons (Fsp3) is 0.533. The molecule has 0 unspecified atom stereocenters. The minimum absolute atomic E-state index is 0.105. The van der Waals surface area contributed by atoms with Crippen LogP contribution in [-0.2, 0) is 12.7 Å². The summed E-state index contributed by atoms with van der Waals surface area (Å²) in [7, 11) is 3.55. The van der Waals surface area contributed by atoms with Crippen LogP contribution in [0.4, 0.5) is 13.2 Å². The van der Waals surface area contributed by atoms with E-state index in [1.165, 1.54) is 0 Å². The van der Waals surface area contributed by atoms with E-state index >= 15 is 0 Å². The number of benzene rings is 1. The number of nitrogens with one attached hydrogen (secondary N) is 1. The van der Waals surface area contributed by atoms with Gasteiger partial charge in [0.1, 0.15) is 0 Å². The van der Waals surface area contributed by atoms with Crippen LogP contribution >= 0.6 is 0 Å². The first kappa shape index (κ1) is 16.8. The molecule has 1 fully saturated rings. The van der Waals surface area contributed by atoms with Gasteiger partial charge in [0.05, 0.1) is 5.56 Å². The van der Waals surface area contributed by atoms with Crippen LogP contribution in [0.1, 0.15) is 21.5 Å². The van der Waals surface area contributed by atoms with E-state index in [0.717, 1.165) is 12.1 Å². The molecule has 0 spiro atoms. The smallest absolute Gasteiger partial charge is 0.336 e. The van der Waals surface area contributed by atoms with Crippen molar-refractivity contribution in [3.63, 3.8) is 0 Å². The maximum absolute atomic E-state index is 13.0. The van der Waals surface area contributed by atoms with E-state index in [0.29, 0.717) is 38.3 Å². The topological polar surface area (TPSA) is 35.6 Å². The lowest BCUT2D eigenvalue weighted by Crippen LogP contribution is -2.46. The number of halogens is 3. The maximum atomic E-state index is 13.0. The van der Waals surface area contributed by atoms with Gasteiger partial charge in [-0.1, -0.05) is 0 Å². The maximum Gasteiger partial charge on any atom is 0.416 e. The van der Waals surface area contributed by atoms with Gasteiger partial charge in [-0.3, -0.25) is 4.79 Å². The molecule has 1 aliphatic rings. The van der Waals surface area contributed by atoms with Crippen molar-refractivity contribution < 1.29 is 18.0 Å². The Kier molecular flexibility index (Phi) is 5.08. The lowest BCUT2D eigenvalue weighted by molar-refractivity contribution is -0.137. The molecule has 1 aromatic rings. The van der Waals surface area contributed by atoms with Crippen LogP contribution in [0.3, 0.4) is 0 Å². The molecule has 1 aromatic carbocycles. The molecule has 0 atom stereocenters. The number of hydrogen-bond donors (Lipinski definition) is 1. The van der Waals surface area contributed by atoms with Gasteiger partial charge in [0, 0.05) is 38.3 Å². The second kappa shape index (κ2) is 6.66. The standard InChI is InChI=1S/C15H20F3N3O/c1-20(2)10-11-7-12(9-13(8-11)15(16,17)18)14(22)21-5-3-19-4-6-21/h7-9,19H,3-6,10H2,1-2H3. The molecule has 4 nitrogen and oxygen atoms in total. The Balaban J connectivity index is 2.34. The largest absolute Gasteiger partial charge is 0.416 e. The molecule has 22 heavy (non-hydrogen) atoms. The van der Waals surface area contributed by atoms with Crippen molar-refractivity contribution in [1.29, 1.82) is 0 Å². The monoisotopic (exact) mass is 315 g/mol. The third kappa shape index (κ3) is 4.20. The Morgan fingerprint density at radius 3 is 2.41 bits per heavy atom. The minimum atomic E-state index is -4.46. The van der Waals surface area contributed by atoms with E-state index in [2.05, 4.69) is 5.32 Å². The molecule has 0 radical (unpaired) electrons. The Hall–Kier alpha value is -1.60. The average Bonchev–Trinajstić information content (AvgIpc) is 2.45. The van der Waals surface area contributed by atoms with E-state index in [1.807, 2.05) is 0 Å². The predicted octanol–water partition coefficient (Wildman–Crippen LogP) is 1.81. The van der Waals surface area contributed by atoms with Crippen molar-refractivity contribution in [2.24, 2.45) is 0 Å². The highest BCUT2D eigenvalue weighted by atomic mass is 19.4. The summed E-state index contributed by atoms with van der Waals surface area (Å²) >= 11 is 0. The Bertz CT molecular complexity index is 537. The molecule has 1 N–H and O–H groups in total. The van der Waals surface area contributed by atoms with Crippen molar-refractivity contribution >= 4 is 5.91 Å². The molecule has 0 saturated carbocycles. The molecule has 1 heterocycles. The first-order valence-corrected chi connectivity index (χ1v) is 7.13. The fourth-order valence-corrected chi connectivity index (χ4v) is 2.49. The van der Waals surface area contributed by atoms with Crippen LogP contribution in [-0.4, -0.2) is 56.0 Å². The molecule has 0 aromatic heterocycles. The third-order valence-electron chi connectivity index (χ3n) is 3.47. The van der Waals surface area contributed by atoms with Crippen molar-refractivity contribution in [3.05, 3.63) is 34.9 Å². The van der Waals surface area contributed by atoms with Gasteiger partial charge < -0.3 is 15.1 Å². The molecule has 1 aliphatic heterocycles. The van der Waals surface area contributed by atoms with Gasteiger partial charge in [0.15, 0.2) is 0 Å². The van der Waals surface area contributed by atoms with Crippen molar-refractivity contribution in [1.82, 2.24) is 15.1 Å². The zero-order valence-corrected chi connectivity index (χ0v) is 12.7. The number of rotatable bonds is 3. The first-order valence-electron chi connectivity index (χ1n) is 7.13. The first-order chi connectivity index (χ1) is 10.3. The highest BCUT2D eigenvalue weighted by Crippen LogP contribution is 2.31. The zero-order chi connectivity index (χ0) is 16.3. The van der Waals surface area contributed by atoms with Crippen LogP contribution < -0.4 is 5.32 Å². The van der Waals surface area contributed by atoms with Gasteiger partial charge in [-0.25, -0.2) is 0 Å². The Labute approximate surface area is 127 Å². The molecule has 1 amide bonds. The number of alkyl halides is 3. The second-order valence-corrected chi connectivity index (χ2v) is 5.70. The number of carbonyl (C=O) groups is 1. The van der Waals surface area contributed by atoms with Crippen LogP contribution in [0.15, 0.2) is 18.2 Å². The highest BCUT2D eigenvalue weighted by molar-refractivity contribution is 5.94. The van der Waals surface area contributed by atoms with Gasteiger partial charge in [-0.15, -0.1) is 0 Å². The van der Waals surface area contributed by atoms with Crippen LogP contribution in [0.2, 0.25) is 0 Å². The van der Waals surface area contributed by atoms with Crippen molar-refractivity contribution in [2.75, 3.05) is 40.3 Å². The number of amides is 1. The van der Waals surface area contributed by atoms with Gasteiger partial charge in [0.25, 0.3) is 5.91 Å². The van der Waals surface area contributed by atoms with Crippen LogP contribution in [0, 0.1) is 0 Å². The molecule has 122 valence electrons. The van der Waals surface area contributed by atoms with E-state index in [-0.39, 0.29) is 11.5 Å². The highest BCUT2D eigenvalue weighted by Gasteiger charge is 2.32. The molecule has 0 aliphatic carbocycles. The van der Waals surface area contributed by atoms with Crippen molar-refractivity contribution in [3.8, 4) is 0 Å². The second-order valence-electron chi connectivity index (χ2n) is 5.70. The molecule has 7 heteroatoms. The quantitative estimate of drug-likeness (QED) is 0.924. The van der Waals surface area contributed by atoms with E-state index in [9.17, 15) is 18.0 Å². The predicted molar refractivity (Wildman–Crippen MR) is 77.6 cm³/mol. The molecule has 2 rings (SSSR count). The summed E-state index contributed by atoms with van der Waals surface area (Å²) in [6, 6.07) is 3.61. The Morgan fingerprint density at radius 1 is 1.23 bits per heavy atom. The van der Waals surface area contributed by atoms with Gasteiger partial charge >= 0.3 is 6.18 Å². The summed E-state index contributed by atoms with van der Waals surface area (Å²) in [5, 5.41) is 3.11. The average molecular weight is 315 g/mol. The van der Waals surface area contributed by atoms with Crippen molar-refractivity contribution in [2.45, 2.75) is 12.7 Å². The molecule has 1 saturated heterocycles. The molecular formula is C15H20F3N3O. The SMILES string of the molecule is CN(C)Cc1cc(C(=O)N2CCNCC2)cc(C(F)(F)F)c1. The van der Waals surface area contributed by atoms with E-state index in [4.69, 9.17) is 0 Å². The number of hydrogen-bond acceptors (Lipinski definition) is 3. The fourth-order valence-electron chi connectivity index (χ4n) is 2.49. The van der Waals surface area contributed by atoms with Gasteiger partial charge in [-0.05, 0) is 37.9 Å². The lowest BCUT2D eigenvalue weighted by Gasteiger charge is -2.28. The van der Waals surface area contributed by atoms with E-state index < -0.39 is 11.7 Å². The summed E-state index contributed by atoms with van der Waals surface area (Å²) in [5.41, 5.74) is -0.183. The normalized spacial score (nSPS) is 16.2.